The third-order valence-corrected chi connectivity index (χ3v) is 6.72. The van der Waals surface area contributed by atoms with Crippen molar-refractivity contribution in [3.8, 4) is 0 Å². The number of likely N-dealkylation sites (N-methyl/N-ethyl adjacent to an activating group) is 1. The van der Waals surface area contributed by atoms with Gasteiger partial charge in [-0.05, 0) is 25.8 Å². The number of carbonyl (C=O) groups excluding carboxylic acids is 1. The van der Waals surface area contributed by atoms with Crippen LogP contribution in [-0.4, -0.2) is 70.4 Å². The molecule has 1 N–H and O–H groups in total. The van der Waals surface area contributed by atoms with E-state index >= 15 is 0 Å². The summed E-state index contributed by atoms with van der Waals surface area (Å²) in [5.41, 5.74) is 9.00. The predicted molar refractivity (Wildman–Crippen MR) is 133 cm³/mol. The second-order valence-corrected chi connectivity index (χ2v) is 9.07. The Balaban J connectivity index is 1.49. The van der Waals surface area contributed by atoms with Gasteiger partial charge in [-0.15, -0.1) is 0 Å². The summed E-state index contributed by atoms with van der Waals surface area (Å²) in [5.74, 6) is 0.860. The number of rotatable bonds is 6. The molecule has 0 radical (unpaired) electrons. The second kappa shape index (κ2) is 9.42. The molecule has 34 heavy (non-hydrogen) atoms. The highest BCUT2D eigenvalue weighted by atomic mass is 16.5. The van der Waals surface area contributed by atoms with Crippen LogP contribution in [0.5, 0.6) is 0 Å². The number of anilines is 2. The molecule has 1 atom stereocenters. The first kappa shape index (κ1) is 22.3. The molecule has 9 nitrogen and oxygen atoms in total. The molecule has 0 aliphatic carbocycles. The Hall–Kier alpha value is -3.46. The van der Waals surface area contributed by atoms with E-state index in [4.69, 9.17) is 14.7 Å². The lowest BCUT2D eigenvalue weighted by molar-refractivity contribution is -0.127. The minimum absolute atomic E-state index is 0.150. The number of amides is 1. The van der Waals surface area contributed by atoms with E-state index in [-0.39, 0.29) is 11.9 Å². The number of hydrazone groups is 1. The van der Waals surface area contributed by atoms with Gasteiger partial charge in [0, 0.05) is 45.2 Å². The number of imidazole rings is 1. The van der Waals surface area contributed by atoms with Gasteiger partial charge in [-0.3, -0.25) is 10.2 Å². The van der Waals surface area contributed by atoms with E-state index in [1.165, 1.54) is 5.56 Å². The molecular weight excluding hydrogens is 430 g/mol. The molecule has 2 aromatic heterocycles. The van der Waals surface area contributed by atoms with Crippen molar-refractivity contribution < 1.29 is 9.53 Å². The molecule has 0 saturated carbocycles. The van der Waals surface area contributed by atoms with Gasteiger partial charge in [0.15, 0.2) is 11.5 Å². The molecule has 2 aliphatic rings. The number of hydrogen-bond acceptors (Lipinski definition) is 7. The van der Waals surface area contributed by atoms with Crippen LogP contribution in [0.25, 0.3) is 11.2 Å². The van der Waals surface area contributed by atoms with E-state index in [0.717, 1.165) is 47.6 Å². The van der Waals surface area contributed by atoms with Crippen molar-refractivity contribution in [1.82, 2.24) is 19.4 Å². The summed E-state index contributed by atoms with van der Waals surface area (Å²) in [4.78, 5) is 25.8. The molecule has 0 spiro atoms. The lowest BCUT2D eigenvalue weighted by atomic mass is 10.1. The monoisotopic (exact) mass is 461 g/mol. The van der Waals surface area contributed by atoms with E-state index < -0.39 is 0 Å². The maximum absolute atomic E-state index is 12.0. The van der Waals surface area contributed by atoms with Crippen molar-refractivity contribution in [3.05, 3.63) is 47.8 Å². The summed E-state index contributed by atoms with van der Waals surface area (Å²) in [7, 11) is 1.88. The standard InChI is InChI=1S/C25H31N7O2/c1-17-5-4-6-19(13-17)18(2)28-29-22-14-21(31-9-11-34-12-10-31)24-25(27-22)32(16-26-24)15-20-7-8-23(33)30(20)3/h4-6,13-14,16,20H,7-12,15H2,1-3H3,(H,27,29)/b28-18+/t20-/m1/s1. The van der Waals surface area contributed by atoms with Crippen LogP contribution in [0.2, 0.25) is 0 Å². The summed E-state index contributed by atoms with van der Waals surface area (Å²) in [6.07, 6.45) is 3.28. The first-order chi connectivity index (χ1) is 16.5. The van der Waals surface area contributed by atoms with Crippen LogP contribution in [0.1, 0.15) is 30.9 Å². The van der Waals surface area contributed by atoms with Crippen LogP contribution in [0.3, 0.4) is 0 Å². The molecule has 1 amide bonds. The van der Waals surface area contributed by atoms with Gasteiger partial charge in [0.2, 0.25) is 5.91 Å². The Labute approximate surface area is 199 Å². The van der Waals surface area contributed by atoms with Crippen molar-refractivity contribution >= 4 is 34.3 Å². The Kier molecular flexibility index (Phi) is 6.19. The summed E-state index contributed by atoms with van der Waals surface area (Å²) in [5, 5.41) is 4.62. The number of benzene rings is 1. The van der Waals surface area contributed by atoms with Crippen LogP contribution in [0.15, 0.2) is 41.8 Å². The van der Waals surface area contributed by atoms with Gasteiger partial charge in [0.05, 0.1) is 30.9 Å². The molecular formula is C25H31N7O2. The van der Waals surface area contributed by atoms with Crippen molar-refractivity contribution in [3.63, 3.8) is 0 Å². The van der Waals surface area contributed by atoms with E-state index in [2.05, 4.69) is 45.1 Å². The van der Waals surface area contributed by atoms with E-state index in [1.807, 2.05) is 37.3 Å². The van der Waals surface area contributed by atoms with E-state index in [9.17, 15) is 4.79 Å². The van der Waals surface area contributed by atoms with Crippen LogP contribution in [0, 0.1) is 6.92 Å². The fourth-order valence-electron chi connectivity index (χ4n) is 4.63. The quantitative estimate of drug-likeness (QED) is 0.449. The van der Waals surface area contributed by atoms with Gasteiger partial charge in [-0.2, -0.15) is 5.10 Å². The molecule has 0 bridgehead atoms. The van der Waals surface area contributed by atoms with Crippen molar-refractivity contribution in [2.75, 3.05) is 43.7 Å². The maximum atomic E-state index is 12.0. The minimum Gasteiger partial charge on any atom is -0.378 e. The Morgan fingerprint density at radius 1 is 1.26 bits per heavy atom. The SMILES string of the molecule is C/C(=N\Nc1cc(N2CCOCC2)c2ncn(C[C@H]3CCC(=O)N3C)c2n1)c1cccc(C)c1. The number of aromatic nitrogens is 3. The zero-order chi connectivity index (χ0) is 23.7. The number of ether oxygens (including phenoxy) is 1. The first-order valence-corrected chi connectivity index (χ1v) is 11.8. The smallest absolute Gasteiger partial charge is 0.222 e. The van der Waals surface area contributed by atoms with Crippen LogP contribution in [0.4, 0.5) is 11.5 Å². The van der Waals surface area contributed by atoms with Crippen molar-refractivity contribution in [1.29, 1.82) is 0 Å². The molecule has 2 saturated heterocycles. The number of carbonyl (C=O) groups is 1. The number of nitrogens with one attached hydrogen (secondary N) is 1. The second-order valence-electron chi connectivity index (χ2n) is 9.07. The summed E-state index contributed by atoms with van der Waals surface area (Å²) in [6.45, 7) is 7.71. The van der Waals surface area contributed by atoms with Gasteiger partial charge in [-0.25, -0.2) is 9.97 Å². The van der Waals surface area contributed by atoms with Gasteiger partial charge in [0.25, 0.3) is 0 Å². The normalized spacial score (nSPS) is 19.3. The summed E-state index contributed by atoms with van der Waals surface area (Å²) >= 11 is 0. The third-order valence-electron chi connectivity index (χ3n) is 6.72. The lowest BCUT2D eigenvalue weighted by Crippen LogP contribution is -2.36. The summed E-state index contributed by atoms with van der Waals surface area (Å²) < 4.78 is 7.62. The van der Waals surface area contributed by atoms with Gasteiger partial charge < -0.3 is 19.1 Å². The molecule has 178 valence electrons. The highest BCUT2D eigenvalue weighted by Gasteiger charge is 2.29. The molecule has 0 unspecified atom stereocenters. The highest BCUT2D eigenvalue weighted by molar-refractivity contribution is 5.99. The average Bonchev–Trinajstić information content (AvgIpc) is 3.41. The zero-order valence-electron chi connectivity index (χ0n) is 20.0. The maximum Gasteiger partial charge on any atom is 0.222 e. The number of pyridine rings is 1. The zero-order valence-corrected chi connectivity index (χ0v) is 20.0. The fraction of sp³-hybridized carbons (Fsp3) is 0.440. The summed E-state index contributed by atoms with van der Waals surface area (Å²) in [6, 6.07) is 10.4. The van der Waals surface area contributed by atoms with Gasteiger partial charge >= 0.3 is 0 Å². The molecule has 2 aliphatic heterocycles. The van der Waals surface area contributed by atoms with Crippen LogP contribution < -0.4 is 10.3 Å². The fourth-order valence-corrected chi connectivity index (χ4v) is 4.63. The number of likely N-dealkylation sites (tertiary alicyclic amines) is 1. The number of morpholine rings is 1. The largest absolute Gasteiger partial charge is 0.378 e. The van der Waals surface area contributed by atoms with E-state index in [0.29, 0.717) is 32.0 Å². The van der Waals surface area contributed by atoms with Crippen molar-refractivity contribution in [2.24, 2.45) is 5.10 Å². The molecule has 3 aromatic rings. The first-order valence-electron chi connectivity index (χ1n) is 11.8. The highest BCUT2D eigenvalue weighted by Crippen LogP contribution is 2.29. The lowest BCUT2D eigenvalue weighted by Gasteiger charge is -2.29. The molecule has 4 heterocycles. The molecule has 2 fully saturated rings. The number of aryl methyl sites for hydroxylation is 1. The van der Waals surface area contributed by atoms with Gasteiger partial charge in [0.1, 0.15) is 5.52 Å². The number of fused-ring (bicyclic) bond motifs is 1. The minimum atomic E-state index is 0.150. The topological polar surface area (TPSA) is 87.9 Å². The van der Waals surface area contributed by atoms with Crippen molar-refractivity contribution in [2.45, 2.75) is 39.3 Å². The molecule has 1 aromatic carbocycles. The molecule has 5 rings (SSSR count). The van der Waals surface area contributed by atoms with Crippen LogP contribution >= 0.6 is 0 Å². The Morgan fingerprint density at radius 3 is 2.82 bits per heavy atom. The van der Waals surface area contributed by atoms with Gasteiger partial charge in [-0.1, -0.05) is 29.8 Å². The van der Waals surface area contributed by atoms with Crippen LogP contribution in [-0.2, 0) is 16.1 Å². The van der Waals surface area contributed by atoms with E-state index in [1.54, 1.807) is 0 Å². The average molecular weight is 462 g/mol. The predicted octanol–water partition coefficient (Wildman–Crippen LogP) is 3.03. The Bertz CT molecular complexity index is 1230. The number of nitrogens with zero attached hydrogens (tertiary/aromatic N) is 6. The third kappa shape index (κ3) is 4.48. The molecule has 9 heteroatoms. The Morgan fingerprint density at radius 2 is 2.09 bits per heavy atom. The number of hydrogen-bond donors (Lipinski definition) is 1.